The molecule has 0 spiro atoms. The second kappa shape index (κ2) is 3.46. The molecule has 13 heavy (non-hydrogen) atoms. The van der Waals surface area contributed by atoms with Crippen LogP contribution in [-0.2, 0) is 17.6 Å². The van der Waals surface area contributed by atoms with E-state index in [1.165, 1.54) is 41.7 Å². The highest BCUT2D eigenvalue weighted by atomic mass is 32.1. The highest BCUT2D eigenvalue weighted by Gasteiger charge is 2.17. The second-order valence-corrected chi connectivity index (χ2v) is 4.18. The van der Waals surface area contributed by atoms with Crippen LogP contribution in [0.15, 0.2) is 0 Å². The molecule has 0 unspecified atom stereocenters. The molecule has 0 atom stereocenters. The third-order valence-electron chi connectivity index (χ3n) is 2.24. The predicted molar refractivity (Wildman–Crippen MR) is 53.1 cm³/mol. The molecule has 0 aromatic carbocycles. The number of hydrogen-bond donors (Lipinski definition) is 1. The van der Waals surface area contributed by atoms with Crippen molar-refractivity contribution in [1.82, 2.24) is 4.37 Å². The number of carbonyl (C=O) groups is 1. The molecule has 0 fully saturated rings. The molecule has 1 aliphatic rings. The fourth-order valence-corrected chi connectivity index (χ4v) is 2.55. The summed E-state index contributed by atoms with van der Waals surface area (Å²) in [5.74, 6) is 0.769. The van der Waals surface area contributed by atoms with E-state index < -0.39 is 0 Å². The van der Waals surface area contributed by atoms with E-state index in [0.717, 1.165) is 18.7 Å². The van der Waals surface area contributed by atoms with E-state index in [4.69, 9.17) is 0 Å². The van der Waals surface area contributed by atoms with Gasteiger partial charge in [-0.15, -0.1) is 0 Å². The van der Waals surface area contributed by atoms with Crippen LogP contribution in [-0.4, -0.2) is 10.3 Å². The Bertz CT molecular complexity index is 332. The normalized spacial score (nSPS) is 15.2. The summed E-state index contributed by atoms with van der Waals surface area (Å²) in [5, 5.41) is 2.77. The summed E-state index contributed by atoms with van der Waals surface area (Å²) >= 11 is 1.53. The average Bonchev–Trinajstić information content (AvgIpc) is 2.48. The Morgan fingerprint density at radius 3 is 3.00 bits per heavy atom. The van der Waals surface area contributed by atoms with Gasteiger partial charge in [0.2, 0.25) is 5.91 Å². The summed E-state index contributed by atoms with van der Waals surface area (Å²) in [5.41, 5.74) is 1.27. The number of aromatic nitrogens is 1. The van der Waals surface area contributed by atoms with Gasteiger partial charge in [0.25, 0.3) is 0 Å². The van der Waals surface area contributed by atoms with Crippen molar-refractivity contribution in [2.24, 2.45) is 0 Å². The van der Waals surface area contributed by atoms with Gasteiger partial charge in [-0.25, -0.2) is 0 Å². The first kappa shape index (κ1) is 8.69. The zero-order valence-corrected chi connectivity index (χ0v) is 8.41. The lowest BCUT2D eigenvalue weighted by Crippen LogP contribution is -2.09. The van der Waals surface area contributed by atoms with Gasteiger partial charge in [0.05, 0.1) is 0 Å². The van der Waals surface area contributed by atoms with Crippen molar-refractivity contribution >= 4 is 23.3 Å². The summed E-state index contributed by atoms with van der Waals surface area (Å²) < 4.78 is 4.25. The summed E-state index contributed by atoms with van der Waals surface area (Å²) in [6.45, 7) is 1.52. The van der Waals surface area contributed by atoms with Crippen LogP contribution in [0.4, 0.5) is 5.82 Å². The van der Waals surface area contributed by atoms with E-state index in [-0.39, 0.29) is 5.91 Å². The maximum Gasteiger partial charge on any atom is 0.222 e. The predicted octanol–water partition coefficient (Wildman–Crippen LogP) is 1.98. The zero-order chi connectivity index (χ0) is 9.26. The number of aryl methyl sites for hydroxylation is 1. The molecule has 0 aliphatic heterocycles. The van der Waals surface area contributed by atoms with E-state index in [0.29, 0.717) is 0 Å². The summed E-state index contributed by atoms with van der Waals surface area (Å²) in [6.07, 6.45) is 4.68. The van der Waals surface area contributed by atoms with E-state index in [1.807, 2.05) is 0 Å². The molecule has 0 saturated carbocycles. The number of fused-ring (bicyclic) bond motifs is 1. The number of anilines is 1. The van der Waals surface area contributed by atoms with Crippen molar-refractivity contribution in [2.75, 3.05) is 5.32 Å². The Balaban J connectivity index is 2.26. The molecule has 1 aromatic heterocycles. The van der Waals surface area contributed by atoms with Gasteiger partial charge in [0.15, 0.2) is 0 Å². The molecule has 0 radical (unpaired) electrons. The lowest BCUT2D eigenvalue weighted by molar-refractivity contribution is -0.114. The fraction of sp³-hybridized carbons (Fsp3) is 0.556. The van der Waals surface area contributed by atoms with Gasteiger partial charge in [-0.3, -0.25) is 4.79 Å². The minimum atomic E-state index is -0.0290. The molecule has 70 valence electrons. The highest BCUT2D eigenvalue weighted by molar-refractivity contribution is 7.06. The van der Waals surface area contributed by atoms with Gasteiger partial charge in [-0.1, -0.05) is 0 Å². The monoisotopic (exact) mass is 196 g/mol. The number of hydrogen-bond acceptors (Lipinski definition) is 3. The molecule has 0 bridgehead atoms. The van der Waals surface area contributed by atoms with E-state index in [1.54, 1.807) is 0 Å². The third kappa shape index (κ3) is 1.72. The zero-order valence-electron chi connectivity index (χ0n) is 7.59. The molecule has 2 rings (SSSR count). The van der Waals surface area contributed by atoms with Gasteiger partial charge in [-0.2, -0.15) is 4.37 Å². The van der Waals surface area contributed by atoms with Crippen LogP contribution < -0.4 is 5.32 Å². The molecule has 1 amide bonds. The largest absolute Gasteiger partial charge is 0.310 e. The molecule has 1 aromatic rings. The van der Waals surface area contributed by atoms with E-state index in [9.17, 15) is 4.79 Å². The van der Waals surface area contributed by atoms with Gasteiger partial charge in [0, 0.05) is 17.4 Å². The maximum absolute atomic E-state index is 10.9. The van der Waals surface area contributed by atoms with E-state index in [2.05, 4.69) is 9.69 Å². The molecule has 4 heteroatoms. The van der Waals surface area contributed by atoms with Crippen LogP contribution in [0.5, 0.6) is 0 Å². The van der Waals surface area contributed by atoms with Crippen molar-refractivity contribution < 1.29 is 4.79 Å². The Kier molecular flexibility index (Phi) is 2.31. The molecule has 1 heterocycles. The van der Waals surface area contributed by atoms with Crippen LogP contribution in [0, 0.1) is 0 Å². The third-order valence-corrected chi connectivity index (χ3v) is 3.19. The molecule has 1 N–H and O–H groups in total. The standard InChI is InChI=1S/C9H12N2OS/c1-6(12)10-9-7-4-2-3-5-8(7)13-11-9/h2-5H2,1H3,(H,10,11,12). The number of rotatable bonds is 1. The van der Waals surface area contributed by atoms with Crippen molar-refractivity contribution in [3.05, 3.63) is 10.4 Å². The topological polar surface area (TPSA) is 42.0 Å². The number of carbonyl (C=O) groups excluding carboxylic acids is 1. The first-order valence-electron chi connectivity index (χ1n) is 4.52. The minimum absolute atomic E-state index is 0.0290. The van der Waals surface area contributed by atoms with Crippen LogP contribution in [0.2, 0.25) is 0 Å². The van der Waals surface area contributed by atoms with Crippen LogP contribution >= 0.6 is 11.5 Å². The molecule has 1 aliphatic carbocycles. The number of amides is 1. The molecule has 3 nitrogen and oxygen atoms in total. The fourth-order valence-electron chi connectivity index (χ4n) is 1.65. The quantitative estimate of drug-likeness (QED) is 0.746. The summed E-state index contributed by atoms with van der Waals surface area (Å²) in [6, 6.07) is 0. The van der Waals surface area contributed by atoms with Gasteiger partial charge in [0.1, 0.15) is 5.82 Å². The number of nitrogens with zero attached hydrogens (tertiary/aromatic N) is 1. The lowest BCUT2D eigenvalue weighted by atomic mass is 9.99. The van der Waals surface area contributed by atoms with Gasteiger partial charge < -0.3 is 5.32 Å². The molecular formula is C9H12N2OS. The van der Waals surface area contributed by atoms with Gasteiger partial charge in [-0.05, 0) is 37.2 Å². The van der Waals surface area contributed by atoms with Crippen molar-refractivity contribution in [2.45, 2.75) is 32.6 Å². The Morgan fingerprint density at radius 1 is 1.46 bits per heavy atom. The van der Waals surface area contributed by atoms with Crippen LogP contribution in [0.3, 0.4) is 0 Å². The summed E-state index contributed by atoms with van der Waals surface area (Å²) in [4.78, 5) is 12.2. The molecular weight excluding hydrogens is 184 g/mol. The van der Waals surface area contributed by atoms with Crippen molar-refractivity contribution in [3.8, 4) is 0 Å². The Labute approximate surface area is 81.3 Å². The smallest absolute Gasteiger partial charge is 0.222 e. The highest BCUT2D eigenvalue weighted by Crippen LogP contribution is 2.30. The van der Waals surface area contributed by atoms with Crippen molar-refractivity contribution in [1.29, 1.82) is 0 Å². The minimum Gasteiger partial charge on any atom is -0.310 e. The Hall–Kier alpha value is -0.900. The average molecular weight is 196 g/mol. The molecule has 0 saturated heterocycles. The first-order valence-corrected chi connectivity index (χ1v) is 5.29. The SMILES string of the molecule is CC(=O)Nc1nsc2c1CCCC2. The van der Waals surface area contributed by atoms with Crippen molar-refractivity contribution in [3.63, 3.8) is 0 Å². The first-order chi connectivity index (χ1) is 6.27. The number of nitrogens with one attached hydrogen (secondary N) is 1. The Morgan fingerprint density at radius 2 is 2.23 bits per heavy atom. The van der Waals surface area contributed by atoms with Crippen LogP contribution in [0.1, 0.15) is 30.2 Å². The maximum atomic E-state index is 10.9. The second-order valence-electron chi connectivity index (χ2n) is 3.32. The van der Waals surface area contributed by atoms with Crippen LogP contribution in [0.25, 0.3) is 0 Å². The lowest BCUT2D eigenvalue weighted by Gasteiger charge is -2.10. The summed E-state index contributed by atoms with van der Waals surface area (Å²) in [7, 11) is 0. The van der Waals surface area contributed by atoms with E-state index >= 15 is 0 Å². The van der Waals surface area contributed by atoms with Gasteiger partial charge >= 0.3 is 0 Å².